The fourth-order valence-corrected chi connectivity index (χ4v) is 3.92. The summed E-state index contributed by atoms with van der Waals surface area (Å²) >= 11 is 0. The number of amides is 1. The summed E-state index contributed by atoms with van der Waals surface area (Å²) < 4.78 is 33.2. The third kappa shape index (κ3) is 5.90. The Morgan fingerprint density at radius 1 is 1.09 bits per heavy atom. The maximum Gasteiger partial charge on any atom is 0.408 e. The average Bonchev–Trinajstić information content (AvgIpc) is 2.77. The van der Waals surface area contributed by atoms with E-state index in [4.69, 9.17) is 4.74 Å². The van der Waals surface area contributed by atoms with Gasteiger partial charge in [-0.2, -0.15) is 0 Å². The van der Waals surface area contributed by atoms with Gasteiger partial charge in [-0.15, -0.1) is 0 Å². The van der Waals surface area contributed by atoms with E-state index >= 15 is 0 Å². The molecular weight excluding hydrogens is 452 g/mol. The Morgan fingerprint density at radius 3 is 2.54 bits per heavy atom. The van der Waals surface area contributed by atoms with E-state index in [-0.39, 0.29) is 12.0 Å². The number of hydrogen-bond acceptors (Lipinski definition) is 4. The maximum atomic E-state index is 13.9. The van der Waals surface area contributed by atoms with Crippen LogP contribution in [0.25, 0.3) is 21.9 Å². The Bertz CT molecular complexity index is 1420. The lowest BCUT2D eigenvalue weighted by Crippen LogP contribution is -2.36. The van der Waals surface area contributed by atoms with E-state index < -0.39 is 29.4 Å². The van der Waals surface area contributed by atoms with Crippen LogP contribution < -0.4 is 10.9 Å². The van der Waals surface area contributed by atoms with Crippen LogP contribution in [0.1, 0.15) is 38.1 Å². The van der Waals surface area contributed by atoms with Crippen LogP contribution in [0.15, 0.2) is 71.8 Å². The first-order chi connectivity index (χ1) is 16.6. The van der Waals surface area contributed by atoms with E-state index in [1.807, 2.05) is 18.2 Å². The zero-order valence-electron chi connectivity index (χ0n) is 19.6. The second kappa shape index (κ2) is 9.66. The van der Waals surface area contributed by atoms with Crippen molar-refractivity contribution in [2.24, 2.45) is 0 Å². The number of ether oxygens (including phenoxy) is 1. The molecular formula is C27H25F2N3O3. The van der Waals surface area contributed by atoms with Gasteiger partial charge >= 0.3 is 6.09 Å². The van der Waals surface area contributed by atoms with Crippen LogP contribution in [0.2, 0.25) is 0 Å². The Hall–Kier alpha value is -4.07. The van der Waals surface area contributed by atoms with E-state index in [0.29, 0.717) is 27.8 Å². The van der Waals surface area contributed by atoms with Crippen LogP contribution in [0.3, 0.4) is 0 Å². The van der Waals surface area contributed by atoms with E-state index in [1.54, 1.807) is 51.4 Å². The van der Waals surface area contributed by atoms with Gasteiger partial charge < -0.3 is 15.0 Å². The molecule has 0 saturated heterocycles. The number of carbonyl (C=O) groups is 1. The van der Waals surface area contributed by atoms with Crippen molar-refractivity contribution in [3.05, 3.63) is 100 Å². The molecule has 1 atom stereocenters. The summed E-state index contributed by atoms with van der Waals surface area (Å²) in [6.07, 6.45) is 2.53. The normalized spacial score (nSPS) is 12.4. The van der Waals surface area contributed by atoms with E-state index in [0.717, 1.165) is 11.5 Å². The van der Waals surface area contributed by atoms with Gasteiger partial charge in [-0.3, -0.25) is 9.78 Å². The van der Waals surface area contributed by atoms with Crippen molar-refractivity contribution in [2.75, 3.05) is 0 Å². The molecule has 0 aliphatic carbocycles. The van der Waals surface area contributed by atoms with Crippen LogP contribution in [0, 0.1) is 11.6 Å². The molecule has 6 nitrogen and oxygen atoms in total. The first kappa shape index (κ1) is 24.1. The topological polar surface area (TPSA) is 84.1 Å². The van der Waals surface area contributed by atoms with Crippen molar-refractivity contribution in [1.29, 1.82) is 0 Å². The number of benzene rings is 2. The molecule has 2 aromatic carbocycles. The number of carbonyl (C=O) groups excluding carboxylic acids is 1. The summed E-state index contributed by atoms with van der Waals surface area (Å²) in [5, 5.41) is 4.08. The van der Waals surface area contributed by atoms with Gasteiger partial charge in [0.15, 0.2) is 0 Å². The summed E-state index contributed by atoms with van der Waals surface area (Å²) in [7, 11) is 0. The Morgan fingerprint density at radius 2 is 1.83 bits per heavy atom. The third-order valence-corrected chi connectivity index (χ3v) is 5.31. The zero-order valence-corrected chi connectivity index (χ0v) is 19.6. The Kier molecular flexibility index (Phi) is 6.64. The number of fused-ring (bicyclic) bond motifs is 1. The maximum absolute atomic E-state index is 13.9. The minimum atomic E-state index is -0.771. The molecule has 0 spiro atoms. The highest BCUT2D eigenvalue weighted by Gasteiger charge is 2.24. The van der Waals surface area contributed by atoms with Crippen LogP contribution >= 0.6 is 0 Å². The molecule has 0 fully saturated rings. The minimum Gasteiger partial charge on any atom is -0.444 e. The van der Waals surface area contributed by atoms with E-state index in [2.05, 4.69) is 15.3 Å². The third-order valence-electron chi connectivity index (χ3n) is 5.31. The van der Waals surface area contributed by atoms with Gasteiger partial charge in [0, 0.05) is 29.4 Å². The van der Waals surface area contributed by atoms with Gasteiger partial charge in [-0.1, -0.05) is 18.2 Å². The van der Waals surface area contributed by atoms with Gasteiger partial charge in [0.1, 0.15) is 17.2 Å². The lowest BCUT2D eigenvalue weighted by molar-refractivity contribution is 0.0502. The fraction of sp³-hybridized carbons (Fsp3) is 0.222. The van der Waals surface area contributed by atoms with Gasteiger partial charge in [0.2, 0.25) is 0 Å². The molecule has 0 aliphatic heterocycles. The number of hydrogen-bond donors (Lipinski definition) is 2. The molecule has 2 N–H and O–H groups in total. The lowest BCUT2D eigenvalue weighted by Gasteiger charge is -2.25. The monoisotopic (exact) mass is 477 g/mol. The molecule has 35 heavy (non-hydrogen) atoms. The summed E-state index contributed by atoms with van der Waals surface area (Å²) in [4.78, 5) is 32.2. The highest BCUT2D eigenvalue weighted by Crippen LogP contribution is 2.30. The van der Waals surface area contributed by atoms with E-state index in [1.165, 1.54) is 12.1 Å². The largest absolute Gasteiger partial charge is 0.444 e. The van der Waals surface area contributed by atoms with Gasteiger partial charge in [0.25, 0.3) is 5.56 Å². The van der Waals surface area contributed by atoms with E-state index in [9.17, 15) is 18.4 Å². The predicted octanol–water partition coefficient (Wildman–Crippen LogP) is 5.68. The lowest BCUT2D eigenvalue weighted by atomic mass is 9.94. The number of aromatic nitrogens is 2. The SMILES string of the molecule is CC(C)(C)OC(=O)NC(Cc1cc(F)cc(F)c1)c1ncccc1-c1ccc2cc[nH]c(=O)c2c1. The first-order valence-electron chi connectivity index (χ1n) is 11.1. The van der Waals surface area contributed by atoms with Crippen LogP contribution in [-0.4, -0.2) is 21.7 Å². The second-order valence-electron chi connectivity index (χ2n) is 9.23. The molecule has 4 aromatic rings. The summed E-state index contributed by atoms with van der Waals surface area (Å²) in [6, 6.07) is 13.2. The Balaban J connectivity index is 1.79. The fourth-order valence-electron chi connectivity index (χ4n) is 3.92. The van der Waals surface area contributed by atoms with Crippen LogP contribution in [0.4, 0.5) is 13.6 Å². The number of pyridine rings is 2. The number of alkyl carbamates (subject to hydrolysis) is 1. The van der Waals surface area contributed by atoms with Crippen LogP contribution in [0.5, 0.6) is 0 Å². The standard InChI is InChI=1S/C27H25F2N3O3/c1-27(2,3)35-26(34)32-23(13-16-11-19(28)15-20(29)12-16)24-21(5-4-9-30-24)18-7-6-17-8-10-31-25(33)22(17)14-18/h4-12,14-15,23H,13H2,1-3H3,(H,31,33)(H,32,34). The molecule has 1 amide bonds. The van der Waals surface area contributed by atoms with Crippen molar-refractivity contribution in [3.63, 3.8) is 0 Å². The molecule has 0 radical (unpaired) electrons. The highest BCUT2D eigenvalue weighted by molar-refractivity contribution is 5.87. The zero-order chi connectivity index (χ0) is 25.2. The molecule has 8 heteroatoms. The summed E-state index contributed by atoms with van der Waals surface area (Å²) in [5.41, 5.74) is 1.21. The second-order valence-corrected chi connectivity index (χ2v) is 9.23. The quantitative estimate of drug-likeness (QED) is 0.388. The molecule has 1 unspecified atom stereocenters. The van der Waals surface area contributed by atoms with Gasteiger partial charge in [-0.25, -0.2) is 13.6 Å². The smallest absolute Gasteiger partial charge is 0.408 e. The number of H-pyrrole nitrogens is 1. The van der Waals surface area contributed by atoms with Crippen LogP contribution in [-0.2, 0) is 11.2 Å². The summed E-state index contributed by atoms with van der Waals surface area (Å²) in [5.74, 6) is -1.43. The molecule has 4 rings (SSSR count). The number of aromatic amines is 1. The van der Waals surface area contributed by atoms with Crippen molar-refractivity contribution in [1.82, 2.24) is 15.3 Å². The Labute approximate surface area is 201 Å². The number of halogens is 2. The molecule has 180 valence electrons. The molecule has 2 heterocycles. The number of nitrogens with one attached hydrogen (secondary N) is 2. The van der Waals surface area contributed by atoms with Crippen molar-refractivity contribution < 1.29 is 18.3 Å². The first-order valence-corrected chi connectivity index (χ1v) is 11.1. The number of rotatable bonds is 5. The molecule has 2 aromatic heterocycles. The molecule has 0 saturated carbocycles. The predicted molar refractivity (Wildman–Crippen MR) is 130 cm³/mol. The van der Waals surface area contributed by atoms with Crippen molar-refractivity contribution >= 4 is 16.9 Å². The van der Waals surface area contributed by atoms with Crippen molar-refractivity contribution in [2.45, 2.75) is 38.8 Å². The highest BCUT2D eigenvalue weighted by atomic mass is 19.1. The number of nitrogens with zero attached hydrogens (tertiary/aromatic N) is 1. The van der Waals surface area contributed by atoms with Crippen molar-refractivity contribution in [3.8, 4) is 11.1 Å². The molecule has 0 bridgehead atoms. The van der Waals surface area contributed by atoms with Gasteiger partial charge in [-0.05, 0) is 74.0 Å². The van der Waals surface area contributed by atoms with Gasteiger partial charge in [0.05, 0.1) is 11.7 Å². The molecule has 0 aliphatic rings. The summed E-state index contributed by atoms with van der Waals surface area (Å²) in [6.45, 7) is 5.22. The average molecular weight is 478 g/mol. The minimum absolute atomic E-state index is 0.0616.